The molecule has 0 saturated carbocycles. The molecule has 1 atom stereocenters. The van der Waals surface area contributed by atoms with Crippen molar-refractivity contribution in [2.75, 3.05) is 32.7 Å². The summed E-state index contributed by atoms with van der Waals surface area (Å²) >= 11 is 0. The first kappa shape index (κ1) is 15.6. The average molecular weight is 304 g/mol. The Morgan fingerprint density at radius 3 is 2.77 bits per heavy atom. The average Bonchev–Trinajstić information content (AvgIpc) is 2.55. The lowest BCUT2D eigenvalue weighted by atomic mass is 9.99. The number of carbonyl (C=O) groups is 1. The molecular weight excluding hydrogens is 279 g/mol. The lowest BCUT2D eigenvalue weighted by Crippen LogP contribution is -2.54. The summed E-state index contributed by atoms with van der Waals surface area (Å²) in [5.41, 5.74) is 0.624. The van der Waals surface area contributed by atoms with E-state index in [-0.39, 0.29) is 11.6 Å². The number of rotatable bonds is 5. The summed E-state index contributed by atoms with van der Waals surface area (Å²) in [7, 11) is 0. The van der Waals surface area contributed by atoms with E-state index < -0.39 is 0 Å². The van der Waals surface area contributed by atoms with Gasteiger partial charge in [-0.15, -0.1) is 0 Å². The zero-order valence-corrected chi connectivity index (χ0v) is 13.1. The Labute approximate surface area is 132 Å². The van der Waals surface area contributed by atoms with Crippen LogP contribution in [0.2, 0.25) is 0 Å². The predicted octanol–water partition coefficient (Wildman–Crippen LogP) is 2.96. The molecule has 2 heterocycles. The molecule has 1 aromatic carbocycles. The number of piperidine rings is 1. The number of carbonyl (C=O) groups excluding carboxylic acids is 1. The van der Waals surface area contributed by atoms with E-state index in [2.05, 4.69) is 9.80 Å². The number of piperazine rings is 1. The van der Waals surface area contributed by atoms with Crippen LogP contribution in [0.5, 0.6) is 0 Å². The highest BCUT2D eigenvalue weighted by Gasteiger charge is 2.28. The van der Waals surface area contributed by atoms with E-state index in [0.29, 0.717) is 12.0 Å². The van der Waals surface area contributed by atoms with Crippen molar-refractivity contribution in [2.45, 2.75) is 38.1 Å². The Hall–Kier alpha value is -1.26. The van der Waals surface area contributed by atoms with Gasteiger partial charge in [0.1, 0.15) is 5.82 Å². The summed E-state index contributed by atoms with van der Waals surface area (Å²) in [6.07, 6.45) is 5.48. The minimum atomic E-state index is -0.290. The molecule has 3 nitrogen and oxygen atoms in total. The van der Waals surface area contributed by atoms with Crippen molar-refractivity contribution >= 4 is 5.78 Å². The molecule has 1 aromatic rings. The second-order valence-electron chi connectivity index (χ2n) is 6.52. The third-order valence-corrected chi connectivity index (χ3v) is 4.97. The Kier molecular flexibility index (Phi) is 5.21. The maximum Gasteiger partial charge on any atom is 0.162 e. The van der Waals surface area contributed by atoms with Gasteiger partial charge in [0, 0.05) is 37.7 Å². The number of hydrogen-bond acceptors (Lipinski definition) is 3. The number of fused-ring (bicyclic) bond motifs is 1. The molecule has 2 aliphatic heterocycles. The maximum absolute atomic E-state index is 12.9. The highest BCUT2D eigenvalue weighted by Crippen LogP contribution is 2.21. The molecular formula is C18H25FN2O. The molecule has 120 valence electrons. The molecule has 0 radical (unpaired) electrons. The number of ketones is 1. The predicted molar refractivity (Wildman–Crippen MR) is 85.6 cm³/mol. The zero-order valence-electron chi connectivity index (χ0n) is 13.1. The molecule has 3 rings (SSSR count). The Morgan fingerprint density at radius 1 is 1.14 bits per heavy atom. The highest BCUT2D eigenvalue weighted by atomic mass is 19.1. The molecule has 2 fully saturated rings. The van der Waals surface area contributed by atoms with E-state index >= 15 is 0 Å². The minimum Gasteiger partial charge on any atom is -0.300 e. The van der Waals surface area contributed by atoms with Crippen LogP contribution in [0.4, 0.5) is 4.39 Å². The van der Waals surface area contributed by atoms with Crippen LogP contribution in [-0.4, -0.2) is 54.3 Å². The van der Waals surface area contributed by atoms with E-state index in [1.807, 2.05) is 0 Å². The van der Waals surface area contributed by atoms with Crippen LogP contribution in [0.15, 0.2) is 24.3 Å². The number of hydrogen-bond donors (Lipinski definition) is 0. The monoisotopic (exact) mass is 304 g/mol. The van der Waals surface area contributed by atoms with Crippen molar-refractivity contribution in [3.63, 3.8) is 0 Å². The molecule has 0 aliphatic carbocycles. The summed E-state index contributed by atoms with van der Waals surface area (Å²) in [6, 6.07) is 6.61. The molecule has 0 bridgehead atoms. The van der Waals surface area contributed by atoms with Crippen molar-refractivity contribution in [3.05, 3.63) is 35.6 Å². The number of Topliss-reactive ketones (excluding diaryl/α,β-unsaturated/α-hetero) is 1. The van der Waals surface area contributed by atoms with Crippen LogP contribution in [0.25, 0.3) is 0 Å². The summed E-state index contributed by atoms with van der Waals surface area (Å²) < 4.78 is 12.9. The topological polar surface area (TPSA) is 23.6 Å². The Bertz CT molecular complexity index is 502. The number of nitrogens with zero attached hydrogens (tertiary/aromatic N) is 2. The van der Waals surface area contributed by atoms with Gasteiger partial charge in [-0.3, -0.25) is 9.69 Å². The second-order valence-corrected chi connectivity index (χ2v) is 6.52. The fourth-order valence-corrected chi connectivity index (χ4v) is 3.67. The van der Waals surface area contributed by atoms with Gasteiger partial charge in [0.15, 0.2) is 5.78 Å². The standard InChI is InChI=1S/C18H25FN2O/c19-16-8-6-15(7-9-16)18(22)5-3-10-20-12-13-21-11-2-1-4-17(21)14-20/h6-9,17H,1-5,10-14H2/t17-/m0/s1. The fourth-order valence-electron chi connectivity index (χ4n) is 3.67. The molecule has 2 aliphatic rings. The van der Waals surface area contributed by atoms with Crippen molar-refractivity contribution in [3.8, 4) is 0 Å². The van der Waals surface area contributed by atoms with Gasteiger partial charge in [0.05, 0.1) is 0 Å². The van der Waals surface area contributed by atoms with Crippen molar-refractivity contribution in [2.24, 2.45) is 0 Å². The fraction of sp³-hybridized carbons (Fsp3) is 0.611. The first-order valence-electron chi connectivity index (χ1n) is 8.47. The summed E-state index contributed by atoms with van der Waals surface area (Å²) in [5.74, 6) is -0.168. The third-order valence-electron chi connectivity index (χ3n) is 4.97. The zero-order chi connectivity index (χ0) is 15.4. The maximum atomic E-state index is 12.9. The second kappa shape index (κ2) is 7.34. The van der Waals surface area contributed by atoms with Crippen LogP contribution in [0, 0.1) is 5.82 Å². The lowest BCUT2D eigenvalue weighted by Gasteiger charge is -2.44. The summed E-state index contributed by atoms with van der Waals surface area (Å²) in [5, 5.41) is 0. The van der Waals surface area contributed by atoms with E-state index in [9.17, 15) is 9.18 Å². The first-order valence-corrected chi connectivity index (χ1v) is 8.47. The number of benzene rings is 1. The van der Waals surface area contributed by atoms with E-state index in [1.165, 1.54) is 44.5 Å². The van der Waals surface area contributed by atoms with Crippen LogP contribution in [0.1, 0.15) is 42.5 Å². The summed E-state index contributed by atoms with van der Waals surface area (Å²) in [6.45, 7) is 5.72. The van der Waals surface area contributed by atoms with Gasteiger partial charge in [-0.1, -0.05) is 6.42 Å². The normalized spacial score (nSPS) is 23.2. The Morgan fingerprint density at radius 2 is 1.95 bits per heavy atom. The molecule has 0 N–H and O–H groups in total. The SMILES string of the molecule is O=C(CCCN1CCN2CCCC[C@H]2C1)c1ccc(F)cc1. The van der Waals surface area contributed by atoms with Gasteiger partial charge in [0.2, 0.25) is 0 Å². The van der Waals surface area contributed by atoms with Gasteiger partial charge in [0.25, 0.3) is 0 Å². The molecule has 22 heavy (non-hydrogen) atoms. The van der Waals surface area contributed by atoms with Gasteiger partial charge < -0.3 is 4.90 Å². The molecule has 2 saturated heterocycles. The van der Waals surface area contributed by atoms with Gasteiger partial charge >= 0.3 is 0 Å². The van der Waals surface area contributed by atoms with Gasteiger partial charge in [-0.05, 0) is 56.6 Å². The largest absolute Gasteiger partial charge is 0.300 e. The molecule has 0 amide bonds. The van der Waals surface area contributed by atoms with Crippen LogP contribution >= 0.6 is 0 Å². The van der Waals surface area contributed by atoms with Gasteiger partial charge in [-0.25, -0.2) is 4.39 Å². The van der Waals surface area contributed by atoms with Crippen LogP contribution in [0.3, 0.4) is 0 Å². The number of halogens is 1. The molecule has 0 aromatic heterocycles. The van der Waals surface area contributed by atoms with Crippen molar-refractivity contribution in [1.29, 1.82) is 0 Å². The molecule has 0 spiro atoms. The van der Waals surface area contributed by atoms with Crippen molar-refractivity contribution in [1.82, 2.24) is 9.80 Å². The minimum absolute atomic E-state index is 0.122. The smallest absolute Gasteiger partial charge is 0.162 e. The highest BCUT2D eigenvalue weighted by molar-refractivity contribution is 5.95. The van der Waals surface area contributed by atoms with E-state index in [1.54, 1.807) is 12.1 Å². The van der Waals surface area contributed by atoms with Crippen molar-refractivity contribution < 1.29 is 9.18 Å². The van der Waals surface area contributed by atoms with Gasteiger partial charge in [-0.2, -0.15) is 0 Å². The van der Waals surface area contributed by atoms with Crippen LogP contribution < -0.4 is 0 Å². The van der Waals surface area contributed by atoms with E-state index in [4.69, 9.17) is 0 Å². The summed E-state index contributed by atoms with van der Waals surface area (Å²) in [4.78, 5) is 17.2. The molecule has 4 heteroatoms. The molecule has 0 unspecified atom stereocenters. The lowest BCUT2D eigenvalue weighted by molar-refractivity contribution is 0.0485. The van der Waals surface area contributed by atoms with E-state index in [0.717, 1.165) is 32.1 Å². The Balaban J connectivity index is 1.41. The first-order chi connectivity index (χ1) is 10.7. The van der Waals surface area contributed by atoms with Crippen LogP contribution in [-0.2, 0) is 0 Å². The quantitative estimate of drug-likeness (QED) is 0.781. The third kappa shape index (κ3) is 3.93.